The Kier molecular flexibility index (Phi) is 1.93. The molecule has 1 aliphatic heterocycles. The van der Waals surface area contributed by atoms with Crippen molar-refractivity contribution in [2.45, 2.75) is 6.42 Å². The summed E-state index contributed by atoms with van der Waals surface area (Å²) in [5, 5.41) is 0. The van der Waals surface area contributed by atoms with Gasteiger partial charge in [0.25, 0.3) is 0 Å². The Balaban J connectivity index is 2.15. The van der Waals surface area contributed by atoms with Crippen LogP contribution in [0, 0.1) is 0 Å². The molecule has 1 aliphatic carbocycles. The average Bonchev–Trinajstić information content (AvgIpc) is 2.26. The van der Waals surface area contributed by atoms with Gasteiger partial charge in [-0.05, 0) is 0 Å². The van der Waals surface area contributed by atoms with Crippen molar-refractivity contribution in [1.29, 1.82) is 0 Å². The van der Waals surface area contributed by atoms with E-state index in [9.17, 15) is 0 Å². The van der Waals surface area contributed by atoms with Gasteiger partial charge in [0.05, 0.1) is 0 Å². The zero-order valence-corrected chi connectivity index (χ0v) is 9.45. The quantitative estimate of drug-likeness (QED) is 0.615. The summed E-state index contributed by atoms with van der Waals surface area (Å²) in [6, 6.07) is 8.74. The monoisotopic (exact) mass is 246 g/mol. The fraction of sp³-hybridized carbons (Fsp3) is 0.0769. The third-order valence-electron chi connectivity index (χ3n) is 2.51. The molecule has 0 amide bonds. The summed E-state index contributed by atoms with van der Waals surface area (Å²) >= 11 is 0.519. The molecule has 0 nitrogen and oxygen atoms in total. The molecule has 0 fully saturated rings. The molecule has 2 aliphatic rings. The molecule has 14 heavy (non-hydrogen) atoms. The van der Waals surface area contributed by atoms with Crippen LogP contribution in [0.5, 0.6) is 0 Å². The molecule has 0 bridgehead atoms. The number of allylic oxidation sites excluding steroid dienone is 5. The van der Waals surface area contributed by atoms with Gasteiger partial charge < -0.3 is 0 Å². The first-order chi connectivity index (χ1) is 6.93. The first kappa shape index (κ1) is 8.28. The van der Waals surface area contributed by atoms with Crippen LogP contribution in [0.25, 0.3) is 6.08 Å². The van der Waals surface area contributed by atoms with Crippen LogP contribution < -0.4 is 4.46 Å². The fourth-order valence-corrected chi connectivity index (χ4v) is 3.99. The summed E-state index contributed by atoms with van der Waals surface area (Å²) in [6.07, 6.45) is 10.1. The average molecular weight is 245 g/mol. The normalized spacial score (nSPS) is 18.0. The molecule has 1 heteroatoms. The molecule has 1 heterocycles. The summed E-state index contributed by atoms with van der Waals surface area (Å²) in [5.74, 6) is 0. The van der Waals surface area contributed by atoms with Gasteiger partial charge in [0.1, 0.15) is 0 Å². The van der Waals surface area contributed by atoms with Crippen molar-refractivity contribution in [3.63, 3.8) is 0 Å². The molecule has 1 aromatic carbocycles. The third-order valence-corrected chi connectivity index (χ3v) is 5.05. The Hall–Kier alpha value is -1.04. The second-order valence-electron chi connectivity index (χ2n) is 3.47. The molecule has 0 aromatic heterocycles. The number of hydrogen-bond donors (Lipinski definition) is 0. The Morgan fingerprint density at radius 2 is 2.07 bits per heavy atom. The SMILES string of the molecule is C1=CCC2=Cc3ccccc3[Se]C2=C1. The van der Waals surface area contributed by atoms with Crippen molar-refractivity contribution in [2.24, 2.45) is 0 Å². The molecule has 0 saturated carbocycles. The van der Waals surface area contributed by atoms with E-state index in [1.165, 1.54) is 15.6 Å². The topological polar surface area (TPSA) is 0 Å². The van der Waals surface area contributed by atoms with Crippen LogP contribution in [-0.4, -0.2) is 15.0 Å². The minimum atomic E-state index is 0.519. The van der Waals surface area contributed by atoms with Crippen molar-refractivity contribution in [3.8, 4) is 0 Å². The second-order valence-corrected chi connectivity index (χ2v) is 5.75. The van der Waals surface area contributed by atoms with Crippen LogP contribution in [-0.2, 0) is 0 Å². The van der Waals surface area contributed by atoms with E-state index in [1.807, 2.05) is 0 Å². The molecule has 0 atom stereocenters. The summed E-state index contributed by atoms with van der Waals surface area (Å²) in [5.41, 5.74) is 2.95. The van der Waals surface area contributed by atoms with Gasteiger partial charge in [0.15, 0.2) is 0 Å². The Bertz CT molecular complexity index is 464. The number of rotatable bonds is 0. The van der Waals surface area contributed by atoms with Crippen molar-refractivity contribution < 1.29 is 0 Å². The van der Waals surface area contributed by atoms with E-state index in [0.717, 1.165) is 6.42 Å². The fourth-order valence-electron chi connectivity index (χ4n) is 1.79. The number of fused-ring (bicyclic) bond motifs is 2. The van der Waals surface area contributed by atoms with Crippen molar-refractivity contribution >= 4 is 25.5 Å². The van der Waals surface area contributed by atoms with E-state index in [0.29, 0.717) is 15.0 Å². The Morgan fingerprint density at radius 3 is 3.07 bits per heavy atom. The van der Waals surface area contributed by atoms with Gasteiger partial charge in [0, 0.05) is 0 Å². The summed E-state index contributed by atoms with van der Waals surface area (Å²) < 4.78 is 3.07. The van der Waals surface area contributed by atoms with Gasteiger partial charge in [-0.15, -0.1) is 0 Å². The van der Waals surface area contributed by atoms with Crippen LogP contribution in [0.1, 0.15) is 12.0 Å². The summed E-state index contributed by atoms with van der Waals surface area (Å²) in [6.45, 7) is 0. The van der Waals surface area contributed by atoms with Crippen LogP contribution in [0.15, 0.2) is 52.5 Å². The van der Waals surface area contributed by atoms with Crippen molar-refractivity contribution in [3.05, 3.63) is 58.1 Å². The van der Waals surface area contributed by atoms with Crippen LogP contribution in [0.3, 0.4) is 0 Å². The molecule has 0 unspecified atom stereocenters. The standard InChI is InChI=1S/C13H10Se/c1-3-7-12-10(5-1)9-11-6-2-4-8-13(11)14-12/h1-5,7-9H,6H2. The van der Waals surface area contributed by atoms with Gasteiger partial charge in [-0.25, -0.2) is 0 Å². The second kappa shape index (κ2) is 3.27. The molecule has 0 radical (unpaired) electrons. The Labute approximate surface area is 90.2 Å². The molecule has 1 aromatic rings. The first-order valence-electron chi connectivity index (χ1n) is 4.78. The molecular weight excluding hydrogens is 235 g/mol. The van der Waals surface area contributed by atoms with E-state index in [2.05, 4.69) is 48.6 Å². The van der Waals surface area contributed by atoms with E-state index in [1.54, 1.807) is 4.47 Å². The summed E-state index contributed by atoms with van der Waals surface area (Å²) in [7, 11) is 0. The molecule has 3 rings (SSSR count). The molecular formula is C13H10Se. The number of benzene rings is 1. The van der Waals surface area contributed by atoms with Gasteiger partial charge in [-0.1, -0.05) is 0 Å². The van der Waals surface area contributed by atoms with Crippen LogP contribution in [0.4, 0.5) is 0 Å². The Morgan fingerprint density at radius 1 is 1.14 bits per heavy atom. The van der Waals surface area contributed by atoms with E-state index < -0.39 is 0 Å². The maximum absolute atomic E-state index is 2.34. The van der Waals surface area contributed by atoms with Gasteiger partial charge in [-0.2, -0.15) is 0 Å². The van der Waals surface area contributed by atoms with E-state index in [4.69, 9.17) is 0 Å². The third kappa shape index (κ3) is 1.30. The zero-order chi connectivity index (χ0) is 9.38. The predicted octanol–water partition coefficient (Wildman–Crippen LogP) is 2.26. The predicted molar refractivity (Wildman–Crippen MR) is 61.6 cm³/mol. The van der Waals surface area contributed by atoms with E-state index >= 15 is 0 Å². The minimum absolute atomic E-state index is 0.519. The molecule has 68 valence electrons. The first-order valence-corrected chi connectivity index (χ1v) is 6.49. The van der Waals surface area contributed by atoms with E-state index in [-0.39, 0.29) is 0 Å². The van der Waals surface area contributed by atoms with Gasteiger partial charge >= 0.3 is 90.0 Å². The van der Waals surface area contributed by atoms with Crippen molar-refractivity contribution in [1.82, 2.24) is 0 Å². The molecule has 0 spiro atoms. The van der Waals surface area contributed by atoms with Crippen LogP contribution >= 0.6 is 0 Å². The zero-order valence-electron chi connectivity index (χ0n) is 7.73. The summed E-state index contributed by atoms with van der Waals surface area (Å²) in [4.78, 5) is 0. The van der Waals surface area contributed by atoms with Gasteiger partial charge in [-0.3, -0.25) is 0 Å². The molecule has 0 N–H and O–H groups in total. The molecule has 0 saturated heterocycles. The van der Waals surface area contributed by atoms with Crippen molar-refractivity contribution in [2.75, 3.05) is 0 Å². The number of hydrogen-bond acceptors (Lipinski definition) is 0. The maximum atomic E-state index is 2.34. The van der Waals surface area contributed by atoms with Crippen LogP contribution in [0.2, 0.25) is 0 Å². The van der Waals surface area contributed by atoms with Gasteiger partial charge in [0.2, 0.25) is 0 Å².